The fourth-order valence-corrected chi connectivity index (χ4v) is 22.1. The molecular formula is C77H142O15SSi5. The smallest absolute Gasteiger partial charge is 0.193 e. The van der Waals surface area contributed by atoms with E-state index in [1.54, 1.807) is 31.4 Å². The van der Waals surface area contributed by atoms with Gasteiger partial charge in [0.1, 0.15) is 24.4 Å². The second kappa shape index (κ2) is 33.0. The van der Waals surface area contributed by atoms with Crippen LogP contribution in [-0.2, 0) is 60.4 Å². The van der Waals surface area contributed by atoms with Crippen LogP contribution >= 0.6 is 0 Å². The Kier molecular flexibility index (Phi) is 28.9. The normalized spacial score (nSPS) is 30.8. The summed E-state index contributed by atoms with van der Waals surface area (Å²) in [7, 11) is -15.2. The minimum atomic E-state index is -4.42. The Bertz CT molecular complexity index is 2870. The Balaban J connectivity index is 1.48. The van der Waals surface area contributed by atoms with Crippen molar-refractivity contribution in [3.63, 3.8) is 0 Å². The van der Waals surface area contributed by atoms with Gasteiger partial charge in [0.25, 0.3) is 0 Å². The number of hydrogen-bond donors (Lipinski definition) is 2. The van der Waals surface area contributed by atoms with Gasteiger partial charge in [0.15, 0.2) is 51.4 Å². The Morgan fingerprint density at radius 1 is 0.633 bits per heavy atom. The summed E-state index contributed by atoms with van der Waals surface area (Å²) >= 11 is 0. The largest absolute Gasteiger partial charge is 0.414 e. The lowest BCUT2D eigenvalue weighted by atomic mass is 9.80. The van der Waals surface area contributed by atoms with E-state index in [-0.39, 0.29) is 73.8 Å². The van der Waals surface area contributed by atoms with Gasteiger partial charge in [-0.1, -0.05) is 154 Å². The monoisotopic (exact) mass is 1480 g/mol. The van der Waals surface area contributed by atoms with Crippen LogP contribution in [-0.4, -0.2) is 183 Å². The molecule has 98 heavy (non-hydrogen) atoms. The zero-order valence-electron chi connectivity index (χ0n) is 66.7. The van der Waals surface area contributed by atoms with E-state index in [1.165, 1.54) is 0 Å². The van der Waals surface area contributed by atoms with Crippen molar-refractivity contribution in [2.75, 3.05) is 20.3 Å². The first-order valence-corrected chi connectivity index (χ1v) is 53.6. The molecule has 1 aromatic rings. The predicted molar refractivity (Wildman–Crippen MR) is 413 cm³/mol. The fraction of sp³-hybridized carbons (Fsp3) is 0.844. The van der Waals surface area contributed by atoms with Crippen molar-refractivity contribution in [3.05, 3.63) is 66.8 Å². The van der Waals surface area contributed by atoms with Crippen LogP contribution in [0, 0.1) is 11.8 Å². The number of hydrogen-bond acceptors (Lipinski definition) is 15. The van der Waals surface area contributed by atoms with Crippen molar-refractivity contribution >= 4 is 51.4 Å². The van der Waals surface area contributed by atoms with E-state index >= 15 is 8.42 Å². The first kappa shape index (κ1) is 85.9. The molecule has 5 heterocycles. The minimum absolute atomic E-state index is 0.0114. The Morgan fingerprint density at radius 2 is 1.18 bits per heavy atom. The summed E-state index contributed by atoms with van der Waals surface area (Å²) in [5.74, 6) is -0.835. The maximum atomic E-state index is 16.3. The number of benzene rings is 1. The van der Waals surface area contributed by atoms with Gasteiger partial charge in [0, 0.05) is 38.9 Å². The highest BCUT2D eigenvalue weighted by molar-refractivity contribution is 7.92. The van der Waals surface area contributed by atoms with Crippen molar-refractivity contribution in [1.82, 2.24) is 0 Å². The zero-order valence-corrected chi connectivity index (χ0v) is 72.5. The molecule has 5 fully saturated rings. The second-order valence-electron chi connectivity index (χ2n) is 37.7. The second-order valence-corrected chi connectivity index (χ2v) is 63.6. The van der Waals surface area contributed by atoms with Gasteiger partial charge in [0.05, 0.1) is 90.0 Å². The molecule has 0 saturated carbocycles. The van der Waals surface area contributed by atoms with Crippen LogP contribution in [0.4, 0.5) is 0 Å². The molecule has 7 unspecified atom stereocenters. The van der Waals surface area contributed by atoms with Gasteiger partial charge in [-0.25, -0.2) is 8.42 Å². The number of fused-ring (bicyclic) bond motifs is 1. The molecule has 1 aromatic carbocycles. The number of methoxy groups -OCH3 is 1. The molecular weight excluding hydrogens is 1340 g/mol. The number of allylic oxidation sites excluding steroid dienone is 1. The highest BCUT2D eigenvalue weighted by Crippen LogP contribution is 2.51. The third kappa shape index (κ3) is 20.8. The molecule has 19 atom stereocenters. The van der Waals surface area contributed by atoms with Gasteiger partial charge in [-0.15, -0.1) is 0 Å². The average Bonchev–Trinajstić information content (AvgIpc) is 1.09. The summed E-state index contributed by atoms with van der Waals surface area (Å²) in [5.41, 5.74) is 2.00. The van der Waals surface area contributed by atoms with E-state index in [4.69, 9.17) is 57.1 Å². The summed E-state index contributed by atoms with van der Waals surface area (Å²) in [6.07, 6.45) is 1.56. The van der Waals surface area contributed by atoms with Crippen LogP contribution in [0.1, 0.15) is 188 Å². The van der Waals surface area contributed by atoms with Gasteiger partial charge in [0.2, 0.25) is 0 Å². The van der Waals surface area contributed by atoms with Crippen LogP contribution < -0.4 is 0 Å². The van der Waals surface area contributed by atoms with E-state index in [0.29, 0.717) is 32.3 Å². The van der Waals surface area contributed by atoms with Gasteiger partial charge < -0.3 is 60.8 Å². The average molecular weight is 1480 g/mol. The molecule has 21 heteroatoms. The quantitative estimate of drug-likeness (QED) is 0.0549. The molecule has 0 aromatic heterocycles. The van der Waals surface area contributed by atoms with Crippen LogP contribution in [0.3, 0.4) is 0 Å². The van der Waals surface area contributed by atoms with Crippen LogP contribution in [0.25, 0.3) is 0 Å². The van der Waals surface area contributed by atoms with Crippen molar-refractivity contribution in [1.29, 1.82) is 0 Å². The first-order chi connectivity index (χ1) is 44.7. The topological polar surface area (TPSA) is 176 Å². The highest BCUT2D eigenvalue weighted by atomic mass is 32.2. The van der Waals surface area contributed by atoms with Gasteiger partial charge in [-0.3, -0.25) is 0 Å². The lowest BCUT2D eigenvalue weighted by Gasteiger charge is -2.56. The number of sulfone groups is 1. The van der Waals surface area contributed by atoms with Crippen molar-refractivity contribution in [2.45, 2.75) is 387 Å². The first-order valence-electron chi connectivity index (χ1n) is 37.5. The summed E-state index contributed by atoms with van der Waals surface area (Å²) in [5, 5.41) is 21.2. The van der Waals surface area contributed by atoms with E-state index in [2.05, 4.69) is 195 Å². The zero-order chi connectivity index (χ0) is 74.1. The number of rotatable bonds is 30. The van der Waals surface area contributed by atoms with Crippen LogP contribution in [0.2, 0.25) is 90.7 Å². The summed E-state index contributed by atoms with van der Waals surface area (Å²) in [6, 6.07) is 8.57. The highest BCUT2D eigenvalue weighted by Gasteiger charge is 2.61. The summed E-state index contributed by atoms with van der Waals surface area (Å²) in [6.45, 7) is 70.3. The van der Waals surface area contributed by atoms with Crippen LogP contribution in [0.15, 0.2) is 71.7 Å². The molecule has 2 N–H and O–H groups in total. The Labute approximate surface area is 602 Å². The molecule has 6 rings (SSSR count). The Morgan fingerprint density at radius 3 is 1.72 bits per heavy atom. The third-order valence-electron chi connectivity index (χ3n) is 25.1. The predicted octanol–water partition coefficient (Wildman–Crippen LogP) is 17.8. The maximum Gasteiger partial charge on any atom is 0.193 e. The lowest BCUT2D eigenvalue weighted by molar-refractivity contribution is -0.268. The molecule has 0 radical (unpaired) electrons. The minimum Gasteiger partial charge on any atom is -0.414 e. The van der Waals surface area contributed by atoms with E-state index in [9.17, 15) is 10.2 Å². The van der Waals surface area contributed by atoms with Gasteiger partial charge in [-0.2, -0.15) is 0 Å². The summed E-state index contributed by atoms with van der Waals surface area (Å²) < 4.78 is 113. The van der Waals surface area contributed by atoms with Crippen LogP contribution in [0.5, 0.6) is 0 Å². The molecule has 566 valence electrons. The molecule has 5 saturated heterocycles. The maximum absolute atomic E-state index is 16.3. The summed E-state index contributed by atoms with van der Waals surface area (Å²) in [4.78, 5) is 0.102. The molecule has 0 amide bonds. The molecule has 15 nitrogen and oxygen atoms in total. The van der Waals surface area contributed by atoms with E-state index in [1.807, 2.05) is 13.0 Å². The number of aliphatic hydroxyl groups is 2. The van der Waals surface area contributed by atoms with E-state index in [0.717, 1.165) is 43.3 Å². The third-order valence-corrected chi connectivity index (χ3v) is 49.8. The van der Waals surface area contributed by atoms with Gasteiger partial charge >= 0.3 is 0 Å². The lowest BCUT2D eigenvalue weighted by Crippen LogP contribution is -2.69. The molecule has 0 spiro atoms. The molecule has 5 aliphatic rings. The van der Waals surface area contributed by atoms with Gasteiger partial charge in [-0.05, 0) is 178 Å². The van der Waals surface area contributed by atoms with E-state index < -0.39 is 142 Å². The SMILES string of the molecule is C=C1C(CC2OC(C[C@H](CO[Si](C)(C)C(C)(C)C)O[Si](C)(C)C(C)(C)C)[C@H](OC)C2C(C(O)C[C@H]2CC[C@@H]3O[C@@H]([C@H](/C=C/C)O[Si](C)(C)C(C)(C)C)[C@@H](O[Si](C)(C)C(C)(C)C)[C@H](O[Si](C)(C)C(C)(C)C)[C@H]3O2)S(=O)(=O)c2ccccc2)O[C@@H](CC[C@@H]2OC(CCCO)CC2=C)C[C@H]1C. The molecule has 5 aliphatic heterocycles. The standard InChI is InChI=1S/C77H142O15SSi5/c1-31-36-62(90-96(25,26)75(11,12)13)69-71(92-98(29,30)77(17,18)19)70(91-97(27,28)76(14,15)16)68-61(88-69)43-41-56(86-68)47-59(79)72(93(80,81)58-38-33-32-34-39-58)66-64(49-63-53(4)51(2)45-55(85-63)40-42-60-52(3)46-54(84-60)37-35-44-78)87-65(67(66)82-20)48-57(89-95(23,24)74(8,9)10)50-83-94(21,22)73(5,6)7/h31-34,36,38-39,51,54-57,59-72,78-79H,3-4,35,37,40-50H2,1-2,5-30H3/b36-31+/t51-,54?,55+,56-,57-,59?,60+,61+,62+,63?,64?,65?,66?,67+,68+,69+,70-,71-,72?/m1/s1. The fourth-order valence-electron chi connectivity index (χ4n) is 13.7. The van der Waals surface area contributed by atoms with Crippen molar-refractivity contribution < 1.29 is 69.2 Å². The van der Waals surface area contributed by atoms with Crippen molar-refractivity contribution in [2.24, 2.45) is 11.8 Å². The number of ether oxygens (including phenoxy) is 6. The molecule has 0 aliphatic carbocycles. The Hall–Kier alpha value is -1.05. The van der Waals surface area contributed by atoms with Crippen molar-refractivity contribution in [3.8, 4) is 0 Å². The number of aliphatic hydroxyl groups excluding tert-OH is 2. The molecule has 0 bridgehead atoms.